The maximum atomic E-state index is 5.45. The fraction of sp³-hybridized carbons (Fsp3) is 0.182. The monoisotopic (exact) mass is 247 g/mol. The molecule has 0 atom stereocenters. The molecule has 0 amide bonds. The molecule has 1 aromatic rings. The van der Waals surface area contributed by atoms with Crippen LogP contribution in [0, 0.1) is 0 Å². The zero-order chi connectivity index (χ0) is 11.8. The summed E-state index contributed by atoms with van der Waals surface area (Å²) in [5, 5.41) is 4.00. The van der Waals surface area contributed by atoms with Crippen molar-refractivity contribution >= 4 is 23.0 Å². The van der Waals surface area contributed by atoms with E-state index in [4.69, 9.17) is 18.0 Å². The number of nitrogens with one attached hydrogen (secondary N) is 2. The molecular formula is C11H13N5S. The maximum absolute atomic E-state index is 5.45. The van der Waals surface area contributed by atoms with E-state index in [1.807, 2.05) is 12.3 Å². The molecule has 2 heterocycles. The highest BCUT2D eigenvalue weighted by Crippen LogP contribution is 2.29. The summed E-state index contributed by atoms with van der Waals surface area (Å²) < 4.78 is 0. The summed E-state index contributed by atoms with van der Waals surface area (Å²) in [6, 6.07) is 8.41. The zero-order valence-electron chi connectivity index (χ0n) is 9.18. The first-order valence-electron chi connectivity index (χ1n) is 5.43. The van der Waals surface area contributed by atoms with Gasteiger partial charge in [0.25, 0.3) is 0 Å². The van der Waals surface area contributed by atoms with Gasteiger partial charge in [0.15, 0.2) is 5.11 Å². The van der Waals surface area contributed by atoms with E-state index < -0.39 is 0 Å². The van der Waals surface area contributed by atoms with Gasteiger partial charge in [-0.3, -0.25) is 10.4 Å². The Morgan fingerprint density at radius 1 is 1.41 bits per heavy atom. The van der Waals surface area contributed by atoms with E-state index in [2.05, 4.69) is 34.2 Å². The molecular weight excluding hydrogens is 234 g/mol. The Kier molecular flexibility index (Phi) is 2.38. The maximum Gasteiger partial charge on any atom is 0.183 e. The van der Waals surface area contributed by atoms with Crippen molar-refractivity contribution in [3.8, 4) is 0 Å². The van der Waals surface area contributed by atoms with Crippen LogP contribution in [0.2, 0.25) is 0 Å². The summed E-state index contributed by atoms with van der Waals surface area (Å²) in [5.74, 6) is 0. The lowest BCUT2D eigenvalue weighted by Gasteiger charge is -2.29. The summed E-state index contributed by atoms with van der Waals surface area (Å²) in [7, 11) is 0. The lowest BCUT2D eigenvalue weighted by Crippen LogP contribution is -2.51. The van der Waals surface area contributed by atoms with E-state index in [1.165, 1.54) is 11.1 Å². The van der Waals surface area contributed by atoms with E-state index >= 15 is 0 Å². The van der Waals surface area contributed by atoms with Crippen LogP contribution in [0.3, 0.4) is 0 Å². The largest absolute Gasteiger partial charge is 0.375 e. The number of benzene rings is 1. The Bertz CT molecular complexity index is 498. The van der Waals surface area contributed by atoms with Gasteiger partial charge in [0, 0.05) is 12.1 Å². The Hall–Kier alpha value is -1.79. The molecule has 2 aliphatic rings. The van der Waals surface area contributed by atoms with Crippen LogP contribution in [0.1, 0.15) is 11.1 Å². The smallest absolute Gasteiger partial charge is 0.183 e. The number of nitrogens with two attached hydrogens (primary N) is 1. The standard InChI is InChI=1S/C11H13N5S/c12-11(17)13-16-7-10-9-4-2-1-3-8(9)5-6-15(10)14-16/h1-4,7,14H,5-6H2,(H3,12,13,17). The van der Waals surface area contributed by atoms with Crippen molar-refractivity contribution in [1.29, 1.82) is 0 Å². The van der Waals surface area contributed by atoms with Crippen molar-refractivity contribution in [2.75, 3.05) is 6.54 Å². The van der Waals surface area contributed by atoms with Gasteiger partial charge >= 0.3 is 0 Å². The summed E-state index contributed by atoms with van der Waals surface area (Å²) in [6.07, 6.45) is 2.98. The minimum absolute atomic E-state index is 0.238. The lowest BCUT2D eigenvalue weighted by molar-refractivity contribution is 0.119. The third kappa shape index (κ3) is 1.81. The minimum atomic E-state index is 0.238. The molecule has 0 fully saturated rings. The normalized spacial score (nSPS) is 17.3. The van der Waals surface area contributed by atoms with Crippen LogP contribution in [0.5, 0.6) is 0 Å². The van der Waals surface area contributed by atoms with Gasteiger partial charge in [-0.2, -0.15) is 0 Å². The van der Waals surface area contributed by atoms with Crippen LogP contribution < -0.4 is 16.7 Å². The molecule has 17 heavy (non-hydrogen) atoms. The van der Waals surface area contributed by atoms with Crippen molar-refractivity contribution in [3.05, 3.63) is 41.6 Å². The van der Waals surface area contributed by atoms with Crippen molar-refractivity contribution in [3.63, 3.8) is 0 Å². The Labute approximate surface area is 105 Å². The second-order valence-electron chi connectivity index (χ2n) is 4.02. The fourth-order valence-corrected chi connectivity index (χ4v) is 2.28. The third-order valence-corrected chi connectivity index (χ3v) is 2.99. The van der Waals surface area contributed by atoms with Crippen LogP contribution in [-0.2, 0) is 6.42 Å². The minimum Gasteiger partial charge on any atom is -0.375 e. The first-order valence-corrected chi connectivity index (χ1v) is 5.84. The van der Waals surface area contributed by atoms with E-state index in [-0.39, 0.29) is 5.11 Å². The quantitative estimate of drug-likeness (QED) is 0.622. The second kappa shape index (κ2) is 3.90. The molecule has 0 radical (unpaired) electrons. The van der Waals surface area contributed by atoms with Crippen molar-refractivity contribution in [1.82, 2.24) is 21.1 Å². The molecule has 1 aromatic carbocycles. The molecule has 0 aromatic heterocycles. The summed E-state index contributed by atoms with van der Waals surface area (Å²) in [6.45, 7) is 0.929. The summed E-state index contributed by atoms with van der Waals surface area (Å²) in [4.78, 5) is 0. The van der Waals surface area contributed by atoms with Gasteiger partial charge in [-0.1, -0.05) is 24.3 Å². The average Bonchev–Trinajstić information content (AvgIpc) is 2.70. The SMILES string of the molecule is NC(=S)NN1C=C2c3ccccc3CCN2N1. The highest BCUT2D eigenvalue weighted by atomic mass is 32.1. The predicted molar refractivity (Wildman–Crippen MR) is 69.7 cm³/mol. The number of thiocarbonyl (C=S) groups is 1. The first kappa shape index (κ1) is 10.4. The van der Waals surface area contributed by atoms with Crippen LogP contribution in [0.15, 0.2) is 30.5 Å². The van der Waals surface area contributed by atoms with Crippen molar-refractivity contribution in [2.24, 2.45) is 5.73 Å². The zero-order valence-corrected chi connectivity index (χ0v) is 10.00. The summed E-state index contributed by atoms with van der Waals surface area (Å²) in [5.41, 5.74) is 15.2. The van der Waals surface area contributed by atoms with Gasteiger partial charge in [-0.25, -0.2) is 5.12 Å². The molecule has 6 heteroatoms. The molecule has 3 rings (SSSR count). The van der Waals surface area contributed by atoms with E-state index in [1.54, 1.807) is 5.12 Å². The highest BCUT2D eigenvalue weighted by Gasteiger charge is 2.27. The first-order chi connectivity index (χ1) is 8.24. The van der Waals surface area contributed by atoms with Gasteiger partial charge in [-0.05, 0) is 24.2 Å². The number of hydrogen-bond acceptors (Lipinski definition) is 4. The average molecular weight is 247 g/mol. The Balaban J connectivity index is 1.93. The number of hydrogen-bond donors (Lipinski definition) is 3. The fourth-order valence-electron chi connectivity index (χ4n) is 2.19. The number of nitrogens with zero attached hydrogens (tertiary/aromatic N) is 2. The molecule has 88 valence electrons. The van der Waals surface area contributed by atoms with Gasteiger partial charge in [0.1, 0.15) is 0 Å². The molecule has 0 bridgehead atoms. The molecule has 0 unspecified atom stereocenters. The Morgan fingerprint density at radius 3 is 3.06 bits per heavy atom. The second-order valence-corrected chi connectivity index (χ2v) is 4.46. The van der Waals surface area contributed by atoms with Gasteiger partial charge in [-0.15, -0.1) is 5.53 Å². The number of hydrazine groups is 3. The Morgan fingerprint density at radius 2 is 2.24 bits per heavy atom. The molecule has 0 saturated heterocycles. The predicted octanol–water partition coefficient (Wildman–Crippen LogP) is 0.327. The van der Waals surface area contributed by atoms with Crippen LogP contribution >= 0.6 is 12.2 Å². The van der Waals surface area contributed by atoms with Gasteiger partial charge < -0.3 is 5.73 Å². The van der Waals surface area contributed by atoms with Gasteiger partial charge in [0.2, 0.25) is 0 Å². The van der Waals surface area contributed by atoms with Crippen LogP contribution in [0.25, 0.3) is 5.70 Å². The molecule has 0 saturated carbocycles. The molecule has 0 spiro atoms. The molecule has 5 nitrogen and oxygen atoms in total. The molecule has 4 N–H and O–H groups in total. The van der Waals surface area contributed by atoms with E-state index in [9.17, 15) is 0 Å². The highest BCUT2D eigenvalue weighted by molar-refractivity contribution is 7.80. The summed E-state index contributed by atoms with van der Waals surface area (Å²) >= 11 is 4.81. The van der Waals surface area contributed by atoms with Crippen LogP contribution in [-0.4, -0.2) is 21.8 Å². The molecule has 0 aliphatic carbocycles. The van der Waals surface area contributed by atoms with Crippen molar-refractivity contribution < 1.29 is 0 Å². The topological polar surface area (TPSA) is 56.6 Å². The number of rotatable bonds is 1. The third-order valence-electron chi connectivity index (χ3n) is 2.90. The van der Waals surface area contributed by atoms with E-state index in [0.29, 0.717) is 0 Å². The van der Waals surface area contributed by atoms with Gasteiger partial charge in [0.05, 0.1) is 11.9 Å². The van der Waals surface area contributed by atoms with Crippen molar-refractivity contribution in [2.45, 2.75) is 6.42 Å². The number of fused-ring (bicyclic) bond motifs is 3. The molecule has 2 aliphatic heterocycles. The van der Waals surface area contributed by atoms with Crippen LogP contribution in [0.4, 0.5) is 0 Å². The van der Waals surface area contributed by atoms with E-state index in [0.717, 1.165) is 18.7 Å². The lowest BCUT2D eigenvalue weighted by atomic mass is 9.98.